The first-order valence-corrected chi connectivity index (χ1v) is 10.5. The maximum absolute atomic E-state index is 12.4. The Balaban J connectivity index is 1.33. The number of hydrogen-bond donors (Lipinski definition) is 1. The Kier molecular flexibility index (Phi) is 5.90. The van der Waals surface area contributed by atoms with Crippen LogP contribution in [0.15, 0.2) is 66.3 Å². The molecule has 2 aromatic carbocycles. The molecule has 1 amide bonds. The standard InChI is InChI=1S/C21H22N6OS/c1-2-27-19-9-4-3-8-18(19)25-21(27)29-13-20(28)23-11-16-6-5-7-17(10-16)12-26-15-22-14-24-26/h3-10,14-15H,2,11-13H2,1H3,(H,23,28). The second-order valence-electron chi connectivity index (χ2n) is 6.61. The van der Waals surface area contributed by atoms with Crippen LogP contribution in [-0.4, -0.2) is 36.0 Å². The number of amides is 1. The summed E-state index contributed by atoms with van der Waals surface area (Å²) in [7, 11) is 0. The van der Waals surface area contributed by atoms with Crippen molar-refractivity contribution >= 4 is 28.7 Å². The first-order valence-electron chi connectivity index (χ1n) is 9.48. The monoisotopic (exact) mass is 406 g/mol. The molecule has 7 nitrogen and oxygen atoms in total. The Labute approximate surface area is 173 Å². The highest BCUT2D eigenvalue weighted by molar-refractivity contribution is 7.99. The van der Waals surface area contributed by atoms with Gasteiger partial charge in [0, 0.05) is 13.1 Å². The van der Waals surface area contributed by atoms with Crippen LogP contribution < -0.4 is 5.32 Å². The van der Waals surface area contributed by atoms with Crippen LogP contribution in [0.25, 0.3) is 11.0 Å². The van der Waals surface area contributed by atoms with E-state index in [0.29, 0.717) is 18.8 Å². The van der Waals surface area contributed by atoms with E-state index >= 15 is 0 Å². The highest BCUT2D eigenvalue weighted by Crippen LogP contribution is 2.23. The van der Waals surface area contributed by atoms with Crippen LogP contribution in [0.5, 0.6) is 0 Å². The quantitative estimate of drug-likeness (QED) is 0.455. The number of benzene rings is 2. The third kappa shape index (κ3) is 4.65. The van der Waals surface area contributed by atoms with E-state index < -0.39 is 0 Å². The lowest BCUT2D eigenvalue weighted by atomic mass is 10.1. The van der Waals surface area contributed by atoms with E-state index in [1.807, 2.05) is 36.4 Å². The lowest BCUT2D eigenvalue weighted by Crippen LogP contribution is -2.24. The zero-order valence-electron chi connectivity index (χ0n) is 16.2. The van der Waals surface area contributed by atoms with Gasteiger partial charge in [0.1, 0.15) is 12.7 Å². The average molecular weight is 407 g/mol. The zero-order chi connectivity index (χ0) is 20.1. The van der Waals surface area contributed by atoms with Gasteiger partial charge in [0.15, 0.2) is 5.16 Å². The summed E-state index contributed by atoms with van der Waals surface area (Å²) in [6.07, 6.45) is 3.21. The van der Waals surface area contributed by atoms with Crippen LogP contribution in [0.3, 0.4) is 0 Å². The molecule has 4 rings (SSSR count). The van der Waals surface area contributed by atoms with E-state index in [1.165, 1.54) is 18.1 Å². The average Bonchev–Trinajstić information content (AvgIpc) is 3.38. The van der Waals surface area contributed by atoms with Gasteiger partial charge in [-0.15, -0.1) is 0 Å². The molecule has 1 N–H and O–H groups in total. The van der Waals surface area contributed by atoms with Crippen LogP contribution >= 0.6 is 11.8 Å². The largest absolute Gasteiger partial charge is 0.351 e. The number of nitrogens with zero attached hydrogens (tertiary/aromatic N) is 5. The maximum atomic E-state index is 12.4. The summed E-state index contributed by atoms with van der Waals surface area (Å²) >= 11 is 1.47. The Morgan fingerprint density at radius 3 is 2.83 bits per heavy atom. The topological polar surface area (TPSA) is 77.6 Å². The van der Waals surface area contributed by atoms with Crippen molar-refractivity contribution in [2.45, 2.75) is 31.7 Å². The van der Waals surface area contributed by atoms with Gasteiger partial charge in [-0.2, -0.15) is 5.10 Å². The van der Waals surface area contributed by atoms with Crippen molar-refractivity contribution in [2.75, 3.05) is 5.75 Å². The highest BCUT2D eigenvalue weighted by atomic mass is 32.2. The number of carbonyl (C=O) groups excluding carboxylic acids is 1. The van der Waals surface area contributed by atoms with Crippen molar-refractivity contribution in [1.82, 2.24) is 29.6 Å². The number of fused-ring (bicyclic) bond motifs is 1. The molecule has 0 bridgehead atoms. The molecular weight excluding hydrogens is 384 g/mol. The summed E-state index contributed by atoms with van der Waals surface area (Å²) in [6, 6.07) is 16.2. The van der Waals surface area contributed by atoms with Crippen LogP contribution in [0.2, 0.25) is 0 Å². The molecule has 0 aliphatic rings. The van der Waals surface area contributed by atoms with Gasteiger partial charge in [-0.1, -0.05) is 48.2 Å². The number of aryl methyl sites for hydroxylation is 1. The molecule has 8 heteroatoms. The predicted molar refractivity (Wildman–Crippen MR) is 114 cm³/mol. The number of imidazole rings is 1. The number of carbonyl (C=O) groups is 1. The van der Waals surface area contributed by atoms with Gasteiger partial charge >= 0.3 is 0 Å². The fourth-order valence-electron chi connectivity index (χ4n) is 3.19. The molecule has 0 atom stereocenters. The third-order valence-electron chi connectivity index (χ3n) is 4.56. The fourth-order valence-corrected chi connectivity index (χ4v) is 4.10. The summed E-state index contributed by atoms with van der Waals surface area (Å²) in [6.45, 7) is 4.06. The highest BCUT2D eigenvalue weighted by Gasteiger charge is 2.11. The van der Waals surface area contributed by atoms with Gasteiger partial charge in [0.25, 0.3) is 0 Å². The second-order valence-corrected chi connectivity index (χ2v) is 7.55. The minimum absolute atomic E-state index is 0.00797. The predicted octanol–water partition coefficient (Wildman–Crippen LogP) is 3.10. The van der Waals surface area contributed by atoms with Crippen LogP contribution in [-0.2, 0) is 24.4 Å². The smallest absolute Gasteiger partial charge is 0.230 e. The minimum Gasteiger partial charge on any atom is -0.351 e. The van der Waals surface area contributed by atoms with Crippen molar-refractivity contribution in [3.63, 3.8) is 0 Å². The minimum atomic E-state index is -0.00797. The number of nitrogens with one attached hydrogen (secondary N) is 1. The molecule has 0 fully saturated rings. The SMILES string of the molecule is CCn1c(SCC(=O)NCc2cccc(Cn3cncn3)c2)nc2ccccc21. The Hall–Kier alpha value is -3.13. The van der Waals surface area contributed by atoms with Crippen molar-refractivity contribution in [1.29, 1.82) is 0 Å². The van der Waals surface area contributed by atoms with Gasteiger partial charge in [0.2, 0.25) is 5.91 Å². The van der Waals surface area contributed by atoms with E-state index in [9.17, 15) is 4.79 Å². The first-order chi connectivity index (χ1) is 14.2. The van der Waals surface area contributed by atoms with E-state index in [2.05, 4.69) is 44.0 Å². The number of rotatable bonds is 8. The van der Waals surface area contributed by atoms with Gasteiger partial charge in [-0.05, 0) is 30.2 Å². The zero-order valence-corrected chi connectivity index (χ0v) is 17.0. The molecule has 2 aromatic heterocycles. The molecule has 4 aromatic rings. The maximum Gasteiger partial charge on any atom is 0.230 e. The molecule has 0 saturated carbocycles. The number of aromatic nitrogens is 5. The Morgan fingerprint density at radius 2 is 2.00 bits per heavy atom. The summed E-state index contributed by atoms with van der Waals surface area (Å²) in [4.78, 5) is 21.0. The molecule has 0 aliphatic carbocycles. The molecular formula is C21H22N6OS. The lowest BCUT2D eigenvalue weighted by Gasteiger charge is -2.08. The van der Waals surface area contributed by atoms with Gasteiger partial charge in [-0.25, -0.2) is 14.6 Å². The number of thioether (sulfide) groups is 1. The van der Waals surface area contributed by atoms with E-state index in [-0.39, 0.29) is 5.91 Å². The lowest BCUT2D eigenvalue weighted by molar-refractivity contribution is -0.118. The van der Waals surface area contributed by atoms with E-state index in [4.69, 9.17) is 0 Å². The number of hydrogen-bond acceptors (Lipinski definition) is 5. The Morgan fingerprint density at radius 1 is 1.14 bits per heavy atom. The van der Waals surface area contributed by atoms with Crippen LogP contribution in [0, 0.1) is 0 Å². The van der Waals surface area contributed by atoms with Crippen molar-refractivity contribution < 1.29 is 4.79 Å². The number of para-hydroxylation sites is 2. The van der Waals surface area contributed by atoms with Gasteiger partial charge in [-0.3, -0.25) is 4.79 Å². The molecule has 0 spiro atoms. The fraction of sp³-hybridized carbons (Fsp3) is 0.238. The van der Waals surface area contributed by atoms with Crippen molar-refractivity contribution in [2.24, 2.45) is 0 Å². The summed E-state index contributed by atoms with van der Waals surface area (Å²) in [5.74, 6) is 0.327. The molecule has 148 valence electrons. The van der Waals surface area contributed by atoms with E-state index in [1.54, 1.807) is 11.0 Å². The second kappa shape index (κ2) is 8.91. The molecule has 29 heavy (non-hydrogen) atoms. The van der Waals surface area contributed by atoms with Gasteiger partial charge in [0.05, 0.1) is 23.3 Å². The van der Waals surface area contributed by atoms with Crippen LogP contribution in [0.4, 0.5) is 0 Å². The van der Waals surface area contributed by atoms with Gasteiger partial charge < -0.3 is 9.88 Å². The normalized spacial score (nSPS) is 11.1. The third-order valence-corrected chi connectivity index (χ3v) is 5.54. The van der Waals surface area contributed by atoms with Crippen LogP contribution in [0.1, 0.15) is 18.1 Å². The summed E-state index contributed by atoms with van der Waals surface area (Å²) in [5, 5.41) is 7.99. The first kappa shape index (κ1) is 19.2. The molecule has 0 saturated heterocycles. The molecule has 0 aliphatic heterocycles. The Bertz CT molecular complexity index is 1110. The van der Waals surface area contributed by atoms with Crippen molar-refractivity contribution in [3.05, 3.63) is 72.3 Å². The summed E-state index contributed by atoms with van der Waals surface area (Å²) < 4.78 is 3.91. The van der Waals surface area contributed by atoms with Crippen molar-refractivity contribution in [3.8, 4) is 0 Å². The van der Waals surface area contributed by atoms with E-state index in [0.717, 1.165) is 33.9 Å². The molecule has 0 radical (unpaired) electrons. The molecule has 0 unspecified atom stereocenters. The summed E-state index contributed by atoms with van der Waals surface area (Å²) in [5.41, 5.74) is 4.23. The molecule has 2 heterocycles.